The number of aryl methyl sites for hydroxylation is 2. The molecule has 0 atom stereocenters. The fourth-order valence-corrected chi connectivity index (χ4v) is 4.29. The number of carbonyl (C=O) groups excluding carboxylic acids is 1. The number of nitrogens with zero attached hydrogens (tertiary/aromatic N) is 2. The molecule has 178 valence electrons. The number of nitrogens with one attached hydrogen (secondary N) is 1. The fraction of sp³-hybridized carbons (Fsp3) is 0.214. The SMILES string of the molecule is CC(C)(C)c1ccc2c(c1)CCn1nc(-c3ccc(Oc4ccccc4)cc3F)c(C(N)=O)c1N2. The summed E-state index contributed by atoms with van der Waals surface area (Å²) in [6, 6.07) is 19.9. The van der Waals surface area contributed by atoms with E-state index in [2.05, 4.69) is 43.3 Å². The van der Waals surface area contributed by atoms with E-state index in [4.69, 9.17) is 10.5 Å². The Morgan fingerprint density at radius 2 is 1.83 bits per heavy atom. The van der Waals surface area contributed by atoms with Crippen LogP contribution >= 0.6 is 0 Å². The summed E-state index contributed by atoms with van der Waals surface area (Å²) in [5, 5.41) is 7.94. The molecule has 1 aliphatic heterocycles. The van der Waals surface area contributed by atoms with Crippen molar-refractivity contribution in [3.8, 4) is 22.8 Å². The molecule has 7 heteroatoms. The van der Waals surface area contributed by atoms with Gasteiger partial charge in [-0.2, -0.15) is 5.10 Å². The third-order valence-corrected chi connectivity index (χ3v) is 6.19. The molecule has 0 unspecified atom stereocenters. The van der Waals surface area contributed by atoms with Crippen molar-refractivity contribution in [3.63, 3.8) is 0 Å². The van der Waals surface area contributed by atoms with Crippen LogP contribution in [0.2, 0.25) is 0 Å². The molecule has 0 saturated heterocycles. The Bertz CT molecular complexity index is 1420. The van der Waals surface area contributed by atoms with E-state index >= 15 is 4.39 Å². The molecule has 35 heavy (non-hydrogen) atoms. The van der Waals surface area contributed by atoms with Crippen LogP contribution in [0, 0.1) is 5.82 Å². The number of aromatic nitrogens is 2. The molecule has 0 saturated carbocycles. The monoisotopic (exact) mass is 470 g/mol. The number of nitrogens with two attached hydrogens (primary N) is 1. The maximum atomic E-state index is 15.2. The summed E-state index contributed by atoms with van der Waals surface area (Å²) in [5.74, 6) is 0.194. The van der Waals surface area contributed by atoms with Crippen molar-refractivity contribution in [1.29, 1.82) is 0 Å². The highest BCUT2D eigenvalue weighted by Crippen LogP contribution is 2.37. The summed E-state index contributed by atoms with van der Waals surface area (Å²) in [7, 11) is 0. The molecule has 0 bridgehead atoms. The van der Waals surface area contributed by atoms with E-state index < -0.39 is 11.7 Å². The lowest BCUT2D eigenvalue weighted by Crippen LogP contribution is -2.14. The van der Waals surface area contributed by atoms with Crippen LogP contribution in [0.15, 0.2) is 66.7 Å². The highest BCUT2D eigenvalue weighted by Gasteiger charge is 2.28. The number of hydrogen-bond acceptors (Lipinski definition) is 4. The predicted octanol–water partition coefficient (Wildman–Crippen LogP) is 6.18. The normalized spacial score (nSPS) is 12.8. The average molecular weight is 471 g/mol. The Kier molecular flexibility index (Phi) is 5.55. The smallest absolute Gasteiger partial charge is 0.254 e. The number of benzene rings is 3. The summed E-state index contributed by atoms with van der Waals surface area (Å²) < 4.78 is 22.6. The molecule has 0 radical (unpaired) electrons. The molecule has 4 aromatic rings. The number of para-hydroxylation sites is 1. The maximum absolute atomic E-state index is 15.2. The van der Waals surface area contributed by atoms with Crippen molar-refractivity contribution in [2.45, 2.75) is 39.2 Å². The summed E-state index contributed by atoms with van der Waals surface area (Å²) in [6.07, 6.45) is 0.713. The third kappa shape index (κ3) is 4.37. The van der Waals surface area contributed by atoms with Crippen LogP contribution in [0.1, 0.15) is 42.3 Å². The number of amides is 1. The van der Waals surface area contributed by atoms with E-state index in [9.17, 15) is 4.79 Å². The third-order valence-electron chi connectivity index (χ3n) is 6.19. The zero-order chi connectivity index (χ0) is 24.7. The van der Waals surface area contributed by atoms with Gasteiger partial charge in [0.15, 0.2) is 0 Å². The number of anilines is 2. The number of hydrogen-bond donors (Lipinski definition) is 2. The Hall–Kier alpha value is -4.13. The Morgan fingerprint density at radius 1 is 1.06 bits per heavy atom. The molecule has 0 fully saturated rings. The molecule has 1 aromatic heterocycles. The van der Waals surface area contributed by atoms with Crippen molar-refractivity contribution in [2.24, 2.45) is 5.73 Å². The van der Waals surface area contributed by atoms with Crippen LogP contribution in [0.25, 0.3) is 11.3 Å². The zero-order valence-corrected chi connectivity index (χ0v) is 19.9. The van der Waals surface area contributed by atoms with E-state index in [1.165, 1.54) is 11.6 Å². The minimum absolute atomic E-state index is 0.0222. The fourth-order valence-electron chi connectivity index (χ4n) is 4.29. The largest absolute Gasteiger partial charge is 0.457 e. The van der Waals surface area contributed by atoms with Gasteiger partial charge in [0.1, 0.15) is 34.4 Å². The van der Waals surface area contributed by atoms with Gasteiger partial charge in [0.2, 0.25) is 0 Å². The number of halogens is 1. The lowest BCUT2D eigenvalue weighted by Gasteiger charge is -2.21. The number of fused-ring (bicyclic) bond motifs is 2. The quantitative estimate of drug-likeness (QED) is 0.373. The number of ether oxygens (including phenoxy) is 1. The van der Waals surface area contributed by atoms with Crippen LogP contribution in [0.4, 0.5) is 15.9 Å². The molecule has 3 N–H and O–H groups in total. The lowest BCUT2D eigenvalue weighted by molar-refractivity contribution is 0.100. The first-order valence-electron chi connectivity index (χ1n) is 11.5. The van der Waals surface area contributed by atoms with Gasteiger partial charge in [-0.3, -0.25) is 4.79 Å². The number of rotatable bonds is 4. The molecule has 3 aromatic carbocycles. The van der Waals surface area contributed by atoms with Crippen molar-refractivity contribution >= 4 is 17.4 Å². The van der Waals surface area contributed by atoms with Crippen molar-refractivity contribution in [2.75, 3.05) is 5.32 Å². The molecule has 5 rings (SSSR count). The van der Waals surface area contributed by atoms with Crippen molar-refractivity contribution in [1.82, 2.24) is 9.78 Å². The maximum Gasteiger partial charge on any atom is 0.254 e. The topological polar surface area (TPSA) is 82.2 Å². The lowest BCUT2D eigenvalue weighted by atomic mass is 9.85. The van der Waals surface area contributed by atoms with Gasteiger partial charge < -0.3 is 15.8 Å². The van der Waals surface area contributed by atoms with Gasteiger partial charge in [-0.15, -0.1) is 0 Å². The second kappa shape index (κ2) is 8.58. The van der Waals surface area contributed by atoms with Gasteiger partial charge in [-0.05, 0) is 53.3 Å². The minimum Gasteiger partial charge on any atom is -0.457 e. The molecule has 1 amide bonds. The molecule has 2 heterocycles. The van der Waals surface area contributed by atoms with E-state index in [1.54, 1.807) is 28.9 Å². The van der Waals surface area contributed by atoms with E-state index in [0.29, 0.717) is 30.3 Å². The summed E-state index contributed by atoms with van der Waals surface area (Å²) >= 11 is 0. The number of primary amides is 1. The number of carbonyl (C=O) groups is 1. The van der Waals surface area contributed by atoms with Gasteiger partial charge in [-0.25, -0.2) is 9.07 Å². The minimum atomic E-state index is -0.674. The van der Waals surface area contributed by atoms with Crippen molar-refractivity contribution in [3.05, 3.63) is 89.2 Å². The predicted molar refractivity (Wildman–Crippen MR) is 135 cm³/mol. The van der Waals surface area contributed by atoms with Crippen LogP contribution in [0.3, 0.4) is 0 Å². The average Bonchev–Trinajstić information content (AvgIpc) is 3.06. The van der Waals surface area contributed by atoms with Gasteiger partial charge >= 0.3 is 0 Å². The molecule has 1 aliphatic rings. The van der Waals surface area contributed by atoms with Crippen molar-refractivity contribution < 1.29 is 13.9 Å². The Labute approximate surface area is 203 Å². The summed E-state index contributed by atoms with van der Waals surface area (Å²) in [6.45, 7) is 7.05. The van der Waals surface area contributed by atoms with Crippen LogP contribution in [-0.2, 0) is 18.4 Å². The first-order valence-corrected chi connectivity index (χ1v) is 11.5. The first-order chi connectivity index (χ1) is 16.7. The second-order valence-corrected chi connectivity index (χ2v) is 9.71. The first kappa shape index (κ1) is 22.7. The van der Waals surface area contributed by atoms with Gasteiger partial charge in [0, 0.05) is 23.9 Å². The van der Waals surface area contributed by atoms with Crippen LogP contribution in [0.5, 0.6) is 11.5 Å². The summed E-state index contributed by atoms with van der Waals surface area (Å²) in [5.41, 5.74) is 9.60. The molecule has 0 spiro atoms. The van der Waals surface area contributed by atoms with Gasteiger partial charge in [0.25, 0.3) is 5.91 Å². The Balaban J connectivity index is 1.52. The van der Waals surface area contributed by atoms with E-state index in [-0.39, 0.29) is 22.2 Å². The zero-order valence-electron chi connectivity index (χ0n) is 19.9. The highest BCUT2D eigenvalue weighted by atomic mass is 19.1. The van der Waals surface area contributed by atoms with E-state index in [0.717, 1.165) is 11.3 Å². The van der Waals surface area contributed by atoms with Crippen LogP contribution in [-0.4, -0.2) is 15.7 Å². The molecular weight excluding hydrogens is 443 g/mol. The Morgan fingerprint density at radius 3 is 2.51 bits per heavy atom. The molecule has 6 nitrogen and oxygen atoms in total. The standard InChI is InChI=1S/C28H27FN4O2/c1-28(2,3)18-9-12-23-17(15-18)13-14-33-27(31-23)24(26(30)34)25(32-33)21-11-10-20(16-22(21)29)35-19-7-5-4-6-8-19/h4-12,15-16,31H,13-14H2,1-3H3,(H2,30,34). The van der Waals surface area contributed by atoms with Gasteiger partial charge in [-0.1, -0.05) is 51.1 Å². The van der Waals surface area contributed by atoms with E-state index in [1.807, 2.05) is 24.3 Å². The molecule has 0 aliphatic carbocycles. The highest BCUT2D eigenvalue weighted by molar-refractivity contribution is 6.04. The molecular formula is C28H27FN4O2. The van der Waals surface area contributed by atoms with Gasteiger partial charge in [0.05, 0.1) is 0 Å². The second-order valence-electron chi connectivity index (χ2n) is 9.71. The van der Waals surface area contributed by atoms with Crippen LogP contribution < -0.4 is 15.8 Å². The summed E-state index contributed by atoms with van der Waals surface area (Å²) in [4.78, 5) is 12.5.